The van der Waals surface area contributed by atoms with Gasteiger partial charge in [-0.1, -0.05) is 59.3 Å². The Labute approximate surface area is 178 Å². The summed E-state index contributed by atoms with van der Waals surface area (Å²) in [5.41, 5.74) is 3.69. The van der Waals surface area contributed by atoms with Gasteiger partial charge in [0.1, 0.15) is 5.82 Å². The average molecular weight is 448 g/mol. The third-order valence-electron chi connectivity index (χ3n) is 4.83. The van der Waals surface area contributed by atoms with Crippen molar-refractivity contribution in [3.8, 4) is 5.69 Å². The summed E-state index contributed by atoms with van der Waals surface area (Å²) in [6, 6.07) is 25.8. The van der Waals surface area contributed by atoms with Crippen LogP contribution in [0.25, 0.3) is 16.7 Å². The summed E-state index contributed by atoms with van der Waals surface area (Å²) in [5, 5.41) is 0. The smallest absolute Gasteiger partial charge is 0.254 e. The zero-order valence-corrected chi connectivity index (χ0v) is 17.8. The third-order valence-corrected chi connectivity index (χ3v) is 5.32. The molecule has 5 heteroatoms. The van der Waals surface area contributed by atoms with E-state index in [0.717, 1.165) is 33.4 Å². The van der Waals surface area contributed by atoms with Gasteiger partial charge in [-0.3, -0.25) is 9.36 Å². The molecule has 1 aromatic heterocycles. The fraction of sp³-hybridized carbons (Fsp3) is 0.167. The summed E-state index contributed by atoms with van der Waals surface area (Å²) < 4.78 is 3.04. The van der Waals surface area contributed by atoms with Crippen molar-refractivity contribution in [1.29, 1.82) is 0 Å². The molecular weight excluding hydrogens is 426 g/mol. The van der Waals surface area contributed by atoms with E-state index in [1.54, 1.807) is 0 Å². The lowest BCUT2D eigenvalue weighted by Gasteiger charge is -2.22. The summed E-state index contributed by atoms with van der Waals surface area (Å²) >= 11 is 3.46. The van der Waals surface area contributed by atoms with Gasteiger partial charge in [0, 0.05) is 22.3 Å². The van der Waals surface area contributed by atoms with E-state index in [1.165, 1.54) is 0 Å². The molecule has 146 valence electrons. The van der Waals surface area contributed by atoms with Gasteiger partial charge >= 0.3 is 0 Å². The Kier molecular flexibility index (Phi) is 5.76. The minimum absolute atomic E-state index is 0.0137. The number of fused-ring (bicyclic) bond motifs is 1. The Morgan fingerprint density at radius 2 is 1.76 bits per heavy atom. The van der Waals surface area contributed by atoms with Crippen LogP contribution in [0.5, 0.6) is 0 Å². The first kappa shape index (κ1) is 19.4. The largest absolute Gasteiger partial charge is 0.331 e. The topological polar surface area (TPSA) is 38.1 Å². The first-order chi connectivity index (χ1) is 14.2. The van der Waals surface area contributed by atoms with Gasteiger partial charge in [0.15, 0.2) is 0 Å². The summed E-state index contributed by atoms with van der Waals surface area (Å²) in [7, 11) is 0. The van der Waals surface area contributed by atoms with Gasteiger partial charge in [-0.2, -0.15) is 0 Å². The number of hydrogen-bond acceptors (Lipinski definition) is 2. The highest BCUT2D eigenvalue weighted by molar-refractivity contribution is 9.10. The zero-order chi connectivity index (χ0) is 20.2. The second-order valence-corrected chi connectivity index (χ2v) is 7.84. The van der Waals surface area contributed by atoms with E-state index >= 15 is 0 Å². The molecule has 4 aromatic rings. The van der Waals surface area contributed by atoms with Crippen molar-refractivity contribution < 1.29 is 4.79 Å². The molecule has 29 heavy (non-hydrogen) atoms. The highest BCUT2D eigenvalue weighted by Crippen LogP contribution is 2.23. The summed E-state index contributed by atoms with van der Waals surface area (Å²) in [4.78, 5) is 20.0. The molecule has 0 radical (unpaired) electrons. The van der Waals surface area contributed by atoms with E-state index in [4.69, 9.17) is 4.98 Å². The number of imidazole rings is 1. The molecule has 4 nitrogen and oxygen atoms in total. The number of para-hydroxylation sites is 3. The number of hydrogen-bond donors (Lipinski definition) is 0. The lowest BCUT2D eigenvalue weighted by atomic mass is 10.2. The van der Waals surface area contributed by atoms with Gasteiger partial charge in [-0.05, 0) is 48.9 Å². The Morgan fingerprint density at radius 3 is 2.52 bits per heavy atom. The van der Waals surface area contributed by atoms with Crippen LogP contribution in [0.2, 0.25) is 0 Å². The van der Waals surface area contributed by atoms with E-state index in [9.17, 15) is 4.79 Å². The maximum atomic E-state index is 13.2. The summed E-state index contributed by atoms with van der Waals surface area (Å²) in [6.07, 6.45) is 0.880. The molecule has 4 rings (SSSR count). The highest BCUT2D eigenvalue weighted by Gasteiger charge is 2.20. The van der Waals surface area contributed by atoms with Gasteiger partial charge in [0.2, 0.25) is 0 Å². The summed E-state index contributed by atoms with van der Waals surface area (Å²) in [5.74, 6) is 0.869. The first-order valence-corrected chi connectivity index (χ1v) is 10.5. The molecule has 3 aromatic carbocycles. The normalized spacial score (nSPS) is 11.0. The van der Waals surface area contributed by atoms with Crippen molar-refractivity contribution in [3.63, 3.8) is 0 Å². The standard InChI is InChI=1S/C24H22BrN3O/c1-2-15-27(24(29)18-9-8-10-19(25)16-18)17-23-26-21-13-6-7-14-22(21)28(23)20-11-4-3-5-12-20/h3-14,16H,2,15,17H2,1H3. The lowest BCUT2D eigenvalue weighted by Crippen LogP contribution is -2.32. The number of benzene rings is 3. The van der Waals surface area contributed by atoms with E-state index < -0.39 is 0 Å². The maximum Gasteiger partial charge on any atom is 0.254 e. The quantitative estimate of drug-likeness (QED) is 0.372. The van der Waals surface area contributed by atoms with Crippen LogP contribution in [0, 0.1) is 0 Å². The molecule has 0 spiro atoms. The van der Waals surface area contributed by atoms with E-state index in [1.807, 2.05) is 65.6 Å². The van der Waals surface area contributed by atoms with Crippen LogP contribution >= 0.6 is 15.9 Å². The van der Waals surface area contributed by atoms with Crippen LogP contribution in [-0.2, 0) is 6.54 Å². The number of amides is 1. The van der Waals surface area contributed by atoms with E-state index in [2.05, 4.69) is 45.6 Å². The molecule has 0 aliphatic carbocycles. The minimum atomic E-state index is 0.0137. The fourth-order valence-corrected chi connectivity index (χ4v) is 3.94. The number of halogens is 1. The molecule has 1 amide bonds. The first-order valence-electron chi connectivity index (χ1n) is 9.74. The predicted molar refractivity (Wildman–Crippen MR) is 120 cm³/mol. The third kappa shape index (κ3) is 4.10. The molecule has 0 atom stereocenters. The number of rotatable bonds is 6. The second-order valence-electron chi connectivity index (χ2n) is 6.92. The van der Waals surface area contributed by atoms with Crippen molar-refractivity contribution >= 4 is 32.9 Å². The van der Waals surface area contributed by atoms with Crippen molar-refractivity contribution in [1.82, 2.24) is 14.5 Å². The Bertz CT molecular complexity index is 1140. The molecule has 0 aliphatic heterocycles. The molecule has 0 unspecified atom stereocenters. The Hall–Kier alpha value is -2.92. The van der Waals surface area contributed by atoms with Gasteiger partial charge in [-0.15, -0.1) is 0 Å². The van der Waals surface area contributed by atoms with Crippen molar-refractivity contribution in [2.45, 2.75) is 19.9 Å². The molecule has 0 saturated heterocycles. The van der Waals surface area contributed by atoms with Gasteiger partial charge in [0.25, 0.3) is 5.91 Å². The Morgan fingerprint density at radius 1 is 1.00 bits per heavy atom. The maximum absolute atomic E-state index is 13.2. The van der Waals surface area contributed by atoms with Crippen LogP contribution in [0.1, 0.15) is 29.5 Å². The number of carbonyl (C=O) groups excluding carboxylic acids is 1. The zero-order valence-electron chi connectivity index (χ0n) is 16.3. The average Bonchev–Trinajstić information content (AvgIpc) is 3.11. The molecule has 0 bridgehead atoms. The van der Waals surface area contributed by atoms with E-state index in [0.29, 0.717) is 18.7 Å². The molecular formula is C24H22BrN3O. The fourth-order valence-electron chi connectivity index (χ4n) is 3.54. The predicted octanol–water partition coefficient (Wildman–Crippen LogP) is 5.84. The number of carbonyl (C=O) groups is 1. The number of nitrogens with zero attached hydrogens (tertiary/aromatic N) is 3. The molecule has 0 fully saturated rings. The number of aromatic nitrogens is 2. The van der Waals surface area contributed by atoms with Crippen LogP contribution in [-0.4, -0.2) is 26.9 Å². The molecule has 0 aliphatic rings. The molecule has 0 N–H and O–H groups in total. The monoisotopic (exact) mass is 447 g/mol. The van der Waals surface area contributed by atoms with Gasteiger partial charge in [-0.25, -0.2) is 4.98 Å². The van der Waals surface area contributed by atoms with Crippen LogP contribution in [0.4, 0.5) is 0 Å². The molecule has 0 saturated carbocycles. The van der Waals surface area contributed by atoms with Crippen molar-refractivity contribution in [3.05, 3.63) is 94.7 Å². The van der Waals surface area contributed by atoms with Crippen LogP contribution < -0.4 is 0 Å². The van der Waals surface area contributed by atoms with E-state index in [-0.39, 0.29) is 5.91 Å². The van der Waals surface area contributed by atoms with Crippen molar-refractivity contribution in [2.24, 2.45) is 0 Å². The second kappa shape index (κ2) is 8.62. The lowest BCUT2D eigenvalue weighted by molar-refractivity contribution is 0.0738. The van der Waals surface area contributed by atoms with Gasteiger partial charge < -0.3 is 4.90 Å². The Balaban J connectivity index is 1.76. The van der Waals surface area contributed by atoms with Crippen molar-refractivity contribution in [2.75, 3.05) is 6.54 Å². The minimum Gasteiger partial charge on any atom is -0.331 e. The summed E-state index contributed by atoms with van der Waals surface area (Å²) in [6.45, 7) is 3.20. The molecule has 1 heterocycles. The SMILES string of the molecule is CCCN(Cc1nc2ccccc2n1-c1ccccc1)C(=O)c1cccc(Br)c1. The van der Waals surface area contributed by atoms with Crippen LogP contribution in [0.15, 0.2) is 83.3 Å². The highest BCUT2D eigenvalue weighted by atomic mass is 79.9. The van der Waals surface area contributed by atoms with Gasteiger partial charge in [0.05, 0.1) is 17.6 Å². The van der Waals surface area contributed by atoms with Crippen LogP contribution in [0.3, 0.4) is 0 Å².